The average molecular weight is 446 g/mol. The second-order valence-corrected chi connectivity index (χ2v) is 7.71. The van der Waals surface area contributed by atoms with E-state index in [0.717, 1.165) is 4.90 Å². The summed E-state index contributed by atoms with van der Waals surface area (Å²) in [6.07, 6.45) is -1.23. The molecule has 2 aromatic carbocycles. The fourth-order valence-electron chi connectivity index (χ4n) is 3.56. The molecule has 0 radical (unpaired) electrons. The number of likely N-dealkylation sites (tertiary alicyclic amines) is 1. The van der Waals surface area contributed by atoms with Crippen LogP contribution in [-0.4, -0.2) is 65.0 Å². The molecule has 7 nitrogen and oxygen atoms in total. The molecule has 2 aromatic rings. The largest absolute Gasteiger partial charge is 0.454 e. The van der Waals surface area contributed by atoms with Crippen LogP contribution in [0.2, 0.25) is 0 Å². The molecule has 9 heteroatoms. The van der Waals surface area contributed by atoms with Crippen molar-refractivity contribution >= 4 is 17.8 Å². The zero-order chi connectivity index (χ0) is 23.3. The van der Waals surface area contributed by atoms with Crippen LogP contribution in [0.25, 0.3) is 0 Å². The zero-order valence-electron chi connectivity index (χ0n) is 17.5. The van der Waals surface area contributed by atoms with Gasteiger partial charge in [0.05, 0.1) is 12.5 Å². The number of aliphatic hydroxyl groups is 1. The van der Waals surface area contributed by atoms with Crippen LogP contribution in [0.15, 0.2) is 48.5 Å². The molecule has 1 heterocycles. The molecule has 0 aliphatic carbocycles. The predicted molar refractivity (Wildman–Crippen MR) is 110 cm³/mol. The molecule has 32 heavy (non-hydrogen) atoms. The fraction of sp³-hybridized carbons (Fsp3) is 0.348. The Balaban J connectivity index is 1.56. The highest BCUT2D eigenvalue weighted by atomic mass is 19.1. The third-order valence-corrected chi connectivity index (χ3v) is 5.24. The lowest BCUT2D eigenvalue weighted by atomic mass is 10.1. The van der Waals surface area contributed by atoms with E-state index in [0.29, 0.717) is 5.56 Å². The smallest absolute Gasteiger partial charge is 0.329 e. The minimum absolute atomic E-state index is 0.0326. The lowest BCUT2D eigenvalue weighted by Crippen LogP contribution is -2.43. The molecule has 1 N–H and O–H groups in total. The van der Waals surface area contributed by atoms with E-state index >= 15 is 0 Å². The number of benzene rings is 2. The Morgan fingerprint density at radius 2 is 1.91 bits per heavy atom. The first-order chi connectivity index (χ1) is 15.2. The van der Waals surface area contributed by atoms with E-state index in [1.165, 1.54) is 48.3 Å². The molecule has 2 amide bonds. The van der Waals surface area contributed by atoms with Gasteiger partial charge in [-0.3, -0.25) is 9.59 Å². The average Bonchev–Trinajstić information content (AvgIpc) is 3.15. The van der Waals surface area contributed by atoms with Crippen LogP contribution in [-0.2, 0) is 32.1 Å². The molecule has 0 bridgehead atoms. The third kappa shape index (κ3) is 5.88. The van der Waals surface area contributed by atoms with Gasteiger partial charge in [-0.2, -0.15) is 0 Å². The van der Waals surface area contributed by atoms with Crippen molar-refractivity contribution in [3.8, 4) is 0 Å². The van der Waals surface area contributed by atoms with E-state index in [1.807, 2.05) is 0 Å². The van der Waals surface area contributed by atoms with Gasteiger partial charge in [-0.05, 0) is 29.3 Å². The molecule has 1 aliphatic heterocycles. The lowest BCUT2D eigenvalue weighted by molar-refractivity contribution is -0.157. The van der Waals surface area contributed by atoms with Crippen molar-refractivity contribution < 1.29 is 33.0 Å². The molecule has 170 valence electrons. The van der Waals surface area contributed by atoms with Crippen molar-refractivity contribution in [2.75, 3.05) is 20.2 Å². The quantitative estimate of drug-likeness (QED) is 0.654. The standard InChI is InChI=1S/C23H24F2N2O5/c1-26(12-15-5-4-7-17(24)9-15)22(30)14-32-23(31)20-11-18(28)13-27(20)21(29)10-16-6-2-3-8-19(16)25/h2-9,18,20,28H,10-14H2,1H3. The van der Waals surface area contributed by atoms with Crippen molar-refractivity contribution in [3.63, 3.8) is 0 Å². The minimum Gasteiger partial charge on any atom is -0.454 e. The van der Waals surface area contributed by atoms with Crippen molar-refractivity contribution in [3.05, 3.63) is 71.3 Å². The van der Waals surface area contributed by atoms with Crippen LogP contribution in [0.4, 0.5) is 8.78 Å². The van der Waals surface area contributed by atoms with Gasteiger partial charge in [0.1, 0.15) is 17.7 Å². The number of amides is 2. The summed E-state index contributed by atoms with van der Waals surface area (Å²) >= 11 is 0. The summed E-state index contributed by atoms with van der Waals surface area (Å²) in [5.74, 6) is -2.81. The minimum atomic E-state index is -1.06. The van der Waals surface area contributed by atoms with E-state index in [-0.39, 0.29) is 31.5 Å². The van der Waals surface area contributed by atoms with E-state index in [2.05, 4.69) is 0 Å². The van der Waals surface area contributed by atoms with E-state index < -0.39 is 48.2 Å². The second-order valence-electron chi connectivity index (χ2n) is 7.71. The normalized spacial score (nSPS) is 17.8. The summed E-state index contributed by atoms with van der Waals surface area (Å²) in [7, 11) is 1.49. The Bertz CT molecular complexity index is 1000. The number of likely N-dealkylation sites (N-methyl/N-ethyl adjacent to an activating group) is 1. The first-order valence-corrected chi connectivity index (χ1v) is 10.1. The molecule has 0 saturated carbocycles. The number of hydrogen-bond donors (Lipinski definition) is 1. The lowest BCUT2D eigenvalue weighted by Gasteiger charge is -2.24. The van der Waals surface area contributed by atoms with E-state index in [1.54, 1.807) is 12.1 Å². The molecule has 1 fully saturated rings. The Morgan fingerprint density at radius 1 is 1.16 bits per heavy atom. The van der Waals surface area contributed by atoms with Gasteiger partial charge in [0.15, 0.2) is 6.61 Å². The Labute approximate surface area is 184 Å². The summed E-state index contributed by atoms with van der Waals surface area (Å²) in [4.78, 5) is 39.9. The molecule has 1 saturated heterocycles. The number of halogens is 2. The maximum atomic E-state index is 13.9. The van der Waals surface area contributed by atoms with Gasteiger partial charge in [-0.25, -0.2) is 13.6 Å². The molecular formula is C23H24F2N2O5. The summed E-state index contributed by atoms with van der Waals surface area (Å²) in [5.41, 5.74) is 0.760. The van der Waals surface area contributed by atoms with Crippen molar-refractivity contribution in [1.29, 1.82) is 0 Å². The molecule has 0 aromatic heterocycles. The highest BCUT2D eigenvalue weighted by molar-refractivity contribution is 5.88. The maximum Gasteiger partial charge on any atom is 0.329 e. The summed E-state index contributed by atoms with van der Waals surface area (Å²) in [5, 5.41) is 9.96. The van der Waals surface area contributed by atoms with Gasteiger partial charge in [-0.1, -0.05) is 30.3 Å². The molecule has 3 rings (SSSR count). The van der Waals surface area contributed by atoms with Crippen molar-refractivity contribution in [2.24, 2.45) is 0 Å². The van der Waals surface area contributed by atoms with Crippen LogP contribution < -0.4 is 0 Å². The number of aliphatic hydroxyl groups excluding tert-OH is 1. The van der Waals surface area contributed by atoms with Gasteiger partial charge in [0.2, 0.25) is 5.91 Å². The number of nitrogens with zero attached hydrogens (tertiary/aromatic N) is 2. The van der Waals surface area contributed by atoms with Crippen LogP contribution in [0.5, 0.6) is 0 Å². The first-order valence-electron chi connectivity index (χ1n) is 10.1. The topological polar surface area (TPSA) is 87.2 Å². The monoisotopic (exact) mass is 446 g/mol. The maximum absolute atomic E-state index is 13.9. The van der Waals surface area contributed by atoms with E-state index in [9.17, 15) is 28.3 Å². The predicted octanol–water partition coefficient (Wildman–Crippen LogP) is 1.67. The Morgan fingerprint density at radius 3 is 2.62 bits per heavy atom. The Kier molecular flexibility index (Phi) is 7.53. The second kappa shape index (κ2) is 10.3. The third-order valence-electron chi connectivity index (χ3n) is 5.24. The summed E-state index contributed by atoms with van der Waals surface area (Å²) < 4.78 is 32.2. The number of carbonyl (C=O) groups excluding carboxylic acids is 3. The van der Waals surface area contributed by atoms with Gasteiger partial charge in [0, 0.05) is 26.6 Å². The number of carbonyl (C=O) groups is 3. The number of β-amino-alcohol motifs (C(OH)–C–C–N with tert-alkyl or cyclic N) is 1. The van der Waals surface area contributed by atoms with Crippen molar-refractivity contribution in [2.45, 2.75) is 31.5 Å². The van der Waals surface area contributed by atoms with Crippen molar-refractivity contribution in [1.82, 2.24) is 9.80 Å². The number of rotatable bonds is 7. The molecule has 1 aliphatic rings. The van der Waals surface area contributed by atoms with Crippen LogP contribution in [0.1, 0.15) is 17.5 Å². The number of hydrogen-bond acceptors (Lipinski definition) is 5. The number of esters is 1. The first kappa shape index (κ1) is 23.3. The highest BCUT2D eigenvalue weighted by Crippen LogP contribution is 2.21. The SMILES string of the molecule is CN(Cc1cccc(F)c1)C(=O)COC(=O)C1CC(O)CN1C(=O)Cc1ccccc1F. The van der Waals surface area contributed by atoms with Crippen LogP contribution in [0.3, 0.4) is 0 Å². The van der Waals surface area contributed by atoms with Crippen LogP contribution >= 0.6 is 0 Å². The fourth-order valence-corrected chi connectivity index (χ4v) is 3.56. The molecule has 0 spiro atoms. The van der Waals surface area contributed by atoms with Gasteiger partial charge < -0.3 is 19.6 Å². The highest BCUT2D eigenvalue weighted by Gasteiger charge is 2.40. The van der Waals surface area contributed by atoms with E-state index in [4.69, 9.17) is 4.74 Å². The number of ether oxygens (including phenoxy) is 1. The zero-order valence-corrected chi connectivity index (χ0v) is 17.5. The molecule has 2 unspecified atom stereocenters. The molecular weight excluding hydrogens is 422 g/mol. The summed E-state index contributed by atoms with van der Waals surface area (Å²) in [6, 6.07) is 10.5. The van der Waals surface area contributed by atoms with Crippen LogP contribution in [0, 0.1) is 11.6 Å². The van der Waals surface area contributed by atoms with Gasteiger partial charge in [0.25, 0.3) is 5.91 Å². The Hall–Kier alpha value is -3.33. The van der Waals surface area contributed by atoms with Gasteiger partial charge >= 0.3 is 5.97 Å². The molecule has 2 atom stereocenters. The summed E-state index contributed by atoms with van der Waals surface area (Å²) in [6.45, 7) is -0.517. The van der Waals surface area contributed by atoms with Gasteiger partial charge in [-0.15, -0.1) is 0 Å².